The van der Waals surface area contributed by atoms with Gasteiger partial charge in [-0.3, -0.25) is 9.59 Å². The summed E-state index contributed by atoms with van der Waals surface area (Å²) < 4.78 is 26.3. The number of amides is 1. The molecule has 1 amide bonds. The van der Waals surface area contributed by atoms with Gasteiger partial charge in [0.05, 0.1) is 19.3 Å². The molecular formula is C26H28FN3O4S. The molecule has 0 saturated carbocycles. The molecule has 9 heteroatoms. The number of halogens is 1. The molecule has 1 aliphatic rings. The van der Waals surface area contributed by atoms with Crippen molar-refractivity contribution in [3.8, 4) is 11.5 Å². The molecule has 0 aliphatic carbocycles. The first-order valence-electron chi connectivity index (χ1n) is 11.4. The van der Waals surface area contributed by atoms with Crippen molar-refractivity contribution in [1.29, 1.82) is 0 Å². The van der Waals surface area contributed by atoms with Crippen LogP contribution in [-0.4, -0.2) is 29.2 Å². The fraction of sp³-hybridized carbons (Fsp3) is 0.346. The number of anilines is 1. The van der Waals surface area contributed by atoms with Crippen LogP contribution in [0.15, 0.2) is 52.4 Å². The quantitative estimate of drug-likeness (QED) is 0.358. The Kier molecular flexibility index (Phi) is 7.45. The van der Waals surface area contributed by atoms with Gasteiger partial charge in [-0.1, -0.05) is 43.8 Å². The average molecular weight is 498 g/mol. The lowest BCUT2D eigenvalue weighted by Gasteiger charge is -2.28. The molecule has 0 radical (unpaired) electrons. The van der Waals surface area contributed by atoms with Gasteiger partial charge >= 0.3 is 0 Å². The lowest BCUT2D eigenvalue weighted by Crippen LogP contribution is -2.33. The maximum atomic E-state index is 13.2. The summed E-state index contributed by atoms with van der Waals surface area (Å²) in [7, 11) is 3.33. The summed E-state index contributed by atoms with van der Waals surface area (Å²) in [6.45, 7) is 4.67. The highest BCUT2D eigenvalue weighted by Gasteiger charge is 2.32. The second-order valence-corrected chi connectivity index (χ2v) is 9.80. The van der Waals surface area contributed by atoms with Crippen molar-refractivity contribution in [2.75, 3.05) is 19.0 Å². The van der Waals surface area contributed by atoms with E-state index in [4.69, 9.17) is 9.47 Å². The molecule has 3 aromatic rings. The Balaban J connectivity index is 1.66. The number of rotatable bonds is 8. The van der Waals surface area contributed by atoms with Gasteiger partial charge in [-0.25, -0.2) is 4.39 Å². The first-order valence-corrected chi connectivity index (χ1v) is 12.3. The van der Waals surface area contributed by atoms with Crippen LogP contribution in [0.3, 0.4) is 0 Å². The Labute approximate surface area is 207 Å². The molecule has 0 unspecified atom stereocenters. The zero-order valence-electron chi connectivity index (χ0n) is 20.1. The van der Waals surface area contributed by atoms with E-state index in [9.17, 15) is 14.0 Å². The molecule has 1 N–H and O–H groups in total. The first-order chi connectivity index (χ1) is 16.8. The van der Waals surface area contributed by atoms with Crippen LogP contribution < -0.4 is 20.3 Å². The highest BCUT2D eigenvalue weighted by atomic mass is 32.2. The van der Waals surface area contributed by atoms with Gasteiger partial charge in [0.25, 0.3) is 5.56 Å². The van der Waals surface area contributed by atoms with E-state index in [1.54, 1.807) is 30.9 Å². The van der Waals surface area contributed by atoms with Crippen LogP contribution in [0.1, 0.15) is 42.9 Å². The third kappa shape index (κ3) is 5.51. The number of benzene rings is 2. The number of nitrogens with zero attached hydrogens (tertiary/aromatic N) is 2. The molecule has 2 aromatic carbocycles. The molecule has 7 nitrogen and oxygen atoms in total. The number of hydrogen-bond donors (Lipinski definition) is 1. The number of ether oxygens (including phenoxy) is 2. The number of hydrogen-bond acceptors (Lipinski definition) is 6. The van der Waals surface area contributed by atoms with Crippen molar-refractivity contribution >= 4 is 23.5 Å². The minimum Gasteiger partial charge on any atom is -0.493 e. The summed E-state index contributed by atoms with van der Waals surface area (Å²) in [4.78, 5) is 30.2. The Morgan fingerprint density at radius 2 is 1.91 bits per heavy atom. The summed E-state index contributed by atoms with van der Waals surface area (Å²) in [5.74, 6) is 1.51. The van der Waals surface area contributed by atoms with Crippen LogP contribution in [0.5, 0.6) is 11.5 Å². The van der Waals surface area contributed by atoms with Crippen LogP contribution >= 0.6 is 11.8 Å². The largest absolute Gasteiger partial charge is 0.493 e. The molecule has 35 heavy (non-hydrogen) atoms. The van der Waals surface area contributed by atoms with Gasteiger partial charge in [0.2, 0.25) is 5.91 Å². The molecule has 0 fully saturated rings. The highest BCUT2D eigenvalue weighted by Crippen LogP contribution is 2.39. The Hall–Kier alpha value is -3.33. The summed E-state index contributed by atoms with van der Waals surface area (Å²) in [6.07, 6.45) is 0.126. The topological polar surface area (TPSA) is 82.5 Å². The molecule has 0 saturated heterocycles. The maximum Gasteiger partial charge on any atom is 0.279 e. The molecule has 184 valence electrons. The van der Waals surface area contributed by atoms with Gasteiger partial charge in [0.1, 0.15) is 11.6 Å². The maximum absolute atomic E-state index is 13.2. The fourth-order valence-corrected chi connectivity index (χ4v) is 4.87. The predicted octanol–water partition coefficient (Wildman–Crippen LogP) is 4.73. The lowest BCUT2D eigenvalue weighted by atomic mass is 9.86. The smallest absolute Gasteiger partial charge is 0.279 e. The van der Waals surface area contributed by atoms with Crippen molar-refractivity contribution in [3.63, 3.8) is 0 Å². The van der Waals surface area contributed by atoms with Crippen molar-refractivity contribution < 1.29 is 18.7 Å². The standard InChI is InChI=1S/C26H28FN3O4S/c1-15(2)13-34-20-10-7-17(11-21(20)33-4)19-12-22(31)28-24-23(19)25(32)29-26(30(24)3)35-14-16-5-8-18(27)9-6-16/h5-11,15,19H,12-14H2,1-4H3,(H,28,31)/t19-/m0/s1. The number of carbonyl (C=O) groups excluding carboxylic acids is 1. The summed E-state index contributed by atoms with van der Waals surface area (Å²) in [5.41, 5.74) is 1.73. The zero-order valence-corrected chi connectivity index (χ0v) is 20.9. The number of aromatic nitrogens is 2. The Morgan fingerprint density at radius 3 is 2.60 bits per heavy atom. The van der Waals surface area contributed by atoms with Crippen LogP contribution in [0, 0.1) is 11.7 Å². The van der Waals surface area contributed by atoms with E-state index in [0.29, 0.717) is 46.3 Å². The van der Waals surface area contributed by atoms with Gasteiger partial charge in [-0.05, 0) is 41.3 Å². The van der Waals surface area contributed by atoms with Gasteiger partial charge in [0.15, 0.2) is 16.7 Å². The minimum absolute atomic E-state index is 0.126. The van der Waals surface area contributed by atoms with Crippen LogP contribution in [0.25, 0.3) is 0 Å². The summed E-state index contributed by atoms with van der Waals surface area (Å²) >= 11 is 1.35. The van der Waals surface area contributed by atoms with E-state index >= 15 is 0 Å². The Morgan fingerprint density at radius 1 is 1.17 bits per heavy atom. The van der Waals surface area contributed by atoms with Crippen LogP contribution in [0.2, 0.25) is 0 Å². The summed E-state index contributed by atoms with van der Waals surface area (Å²) in [6, 6.07) is 11.7. The third-order valence-corrected chi connectivity index (χ3v) is 6.85. The van der Waals surface area contributed by atoms with Crippen molar-refractivity contribution in [3.05, 3.63) is 75.3 Å². The van der Waals surface area contributed by atoms with E-state index in [1.165, 1.54) is 23.9 Å². The number of nitrogens with one attached hydrogen (secondary N) is 1. The van der Waals surface area contributed by atoms with E-state index in [1.807, 2.05) is 18.2 Å². The molecule has 4 rings (SSSR count). The third-order valence-electron chi connectivity index (χ3n) is 5.74. The van der Waals surface area contributed by atoms with Crippen molar-refractivity contribution in [1.82, 2.24) is 9.55 Å². The van der Waals surface area contributed by atoms with Gasteiger partial charge < -0.3 is 19.4 Å². The molecule has 1 aromatic heterocycles. The molecule has 2 heterocycles. The molecule has 1 aliphatic heterocycles. The molecular weight excluding hydrogens is 469 g/mol. The highest BCUT2D eigenvalue weighted by molar-refractivity contribution is 7.98. The number of carbonyl (C=O) groups is 1. The number of fused-ring (bicyclic) bond motifs is 1. The van der Waals surface area contributed by atoms with E-state index in [0.717, 1.165) is 11.1 Å². The van der Waals surface area contributed by atoms with Crippen molar-refractivity contribution in [2.24, 2.45) is 13.0 Å². The average Bonchev–Trinajstić information content (AvgIpc) is 2.84. The van der Waals surface area contributed by atoms with E-state index in [-0.39, 0.29) is 23.7 Å². The number of thioether (sulfide) groups is 1. The Bertz CT molecular complexity index is 1290. The molecule has 0 bridgehead atoms. The van der Waals surface area contributed by atoms with Crippen LogP contribution in [0.4, 0.5) is 10.2 Å². The van der Waals surface area contributed by atoms with Gasteiger partial charge in [-0.2, -0.15) is 4.98 Å². The molecule has 1 atom stereocenters. The second kappa shape index (κ2) is 10.5. The minimum atomic E-state index is -0.464. The fourth-order valence-electron chi connectivity index (χ4n) is 3.95. The normalized spacial score (nSPS) is 15.0. The van der Waals surface area contributed by atoms with Gasteiger partial charge in [-0.15, -0.1) is 0 Å². The SMILES string of the molecule is COc1cc([C@@H]2CC(=O)Nc3c2c(=O)nc(SCc2ccc(F)cc2)n3C)ccc1OCC(C)C. The lowest BCUT2D eigenvalue weighted by molar-refractivity contribution is -0.116. The van der Waals surface area contributed by atoms with Gasteiger partial charge in [0, 0.05) is 25.1 Å². The first kappa shape index (κ1) is 24.8. The second-order valence-electron chi connectivity index (χ2n) is 8.86. The zero-order chi connectivity index (χ0) is 25.1. The predicted molar refractivity (Wildman–Crippen MR) is 134 cm³/mol. The van der Waals surface area contributed by atoms with Crippen LogP contribution in [-0.2, 0) is 17.6 Å². The van der Waals surface area contributed by atoms with Crippen molar-refractivity contribution in [2.45, 2.75) is 37.1 Å². The summed E-state index contributed by atoms with van der Waals surface area (Å²) in [5, 5.41) is 3.32. The number of methoxy groups -OCH3 is 1. The monoisotopic (exact) mass is 497 g/mol. The van der Waals surface area contributed by atoms with E-state index in [2.05, 4.69) is 24.1 Å². The molecule has 0 spiro atoms. The van der Waals surface area contributed by atoms with E-state index < -0.39 is 5.92 Å².